The Morgan fingerprint density at radius 3 is 1.42 bits per heavy atom. The van der Waals surface area contributed by atoms with Crippen LogP contribution in [-0.2, 0) is 14.2 Å². The summed E-state index contributed by atoms with van der Waals surface area (Å²) in [5.74, 6) is -2.51. The molecule has 0 aliphatic carbocycles. The number of aliphatic carboxylic acids is 2. The molecule has 0 spiro atoms. The van der Waals surface area contributed by atoms with E-state index in [0.29, 0.717) is 12.2 Å². The fourth-order valence-electron chi connectivity index (χ4n) is 0.143. The van der Waals surface area contributed by atoms with Gasteiger partial charge in [0.15, 0.2) is 0 Å². The average molecular weight is 202 g/mol. The summed E-state index contributed by atoms with van der Waals surface area (Å²) < 4.78 is 8.35. The van der Waals surface area contributed by atoms with Gasteiger partial charge in [-0.15, -0.1) is 0 Å². The fraction of sp³-hybridized carbons (Fsp3) is 0. The van der Waals surface area contributed by atoms with Crippen molar-refractivity contribution in [2.45, 2.75) is 0 Å². The van der Waals surface area contributed by atoms with Gasteiger partial charge in [-0.3, -0.25) is 4.57 Å². The molecule has 0 bridgehead atoms. The molecule has 2 N–H and O–H groups in total. The van der Waals surface area contributed by atoms with Crippen molar-refractivity contribution in [3.05, 3.63) is 12.2 Å². The summed E-state index contributed by atoms with van der Waals surface area (Å²) in [7, 11) is -1.08. The summed E-state index contributed by atoms with van der Waals surface area (Å²) in [5, 5.41) is 15.6. The van der Waals surface area contributed by atoms with Gasteiger partial charge in [-0.05, 0) is 0 Å². The van der Waals surface area contributed by atoms with Gasteiger partial charge < -0.3 is 15.1 Å². The normalized spacial score (nSPS) is 8.08. The second kappa shape index (κ2) is 13.3. The number of carboxylic acid groups (broad SMARTS) is 2. The van der Waals surface area contributed by atoms with E-state index in [-0.39, 0.29) is 29.6 Å². The maximum Gasteiger partial charge on any atom is 1.00 e. The van der Waals surface area contributed by atoms with Crippen LogP contribution in [0, 0.1) is 0 Å². The van der Waals surface area contributed by atoms with Crippen molar-refractivity contribution in [3.63, 3.8) is 0 Å². The van der Waals surface area contributed by atoms with Crippen molar-refractivity contribution in [2.75, 3.05) is 0 Å². The summed E-state index contributed by atoms with van der Waals surface area (Å²) in [6.07, 6.45) is 1.12. The first-order valence-electron chi connectivity index (χ1n) is 2.13. The second-order valence-corrected chi connectivity index (χ2v) is 1.23. The van der Waals surface area contributed by atoms with Crippen molar-refractivity contribution in [3.8, 4) is 0 Å². The minimum Gasteiger partial charge on any atom is -0.772 e. The Morgan fingerprint density at radius 2 is 1.33 bits per heavy atom. The molecule has 0 radical (unpaired) electrons. The van der Waals surface area contributed by atoms with Crippen molar-refractivity contribution >= 4 is 20.6 Å². The third-order valence-corrected chi connectivity index (χ3v) is 0.368. The van der Waals surface area contributed by atoms with Crippen LogP contribution >= 0.6 is 8.69 Å². The van der Waals surface area contributed by atoms with E-state index in [1.54, 1.807) is 0 Å². The molecule has 12 heavy (non-hydrogen) atoms. The molecule has 0 rings (SSSR count). The first kappa shape index (κ1) is 17.7. The number of hydrogen-bond acceptors (Lipinski definition) is 4. The maximum atomic E-state index is 9.55. The minimum atomic E-state index is -1.26. The van der Waals surface area contributed by atoms with E-state index in [9.17, 15) is 9.59 Å². The molecule has 0 saturated heterocycles. The Balaban J connectivity index is -0.000000177. The third kappa shape index (κ3) is 33.1. The van der Waals surface area contributed by atoms with E-state index in [1.165, 1.54) is 0 Å². The molecular weight excluding hydrogens is 198 g/mol. The van der Waals surface area contributed by atoms with Gasteiger partial charge in [0, 0.05) is 12.2 Å². The van der Waals surface area contributed by atoms with Crippen LogP contribution in [0.2, 0.25) is 0 Å². The summed E-state index contributed by atoms with van der Waals surface area (Å²) >= 11 is 0. The largest absolute Gasteiger partial charge is 1.00 e. The molecule has 0 aliphatic heterocycles. The standard InChI is InChI=1S/C4H4O4.Na.HO2P/c5-3(6)1-2-4(7)8;;1-3-2/h1-2H,(H,5,6)(H,7,8);;(H,1,2)/q;+1;/p-1/b2-1-;;. The second-order valence-electron chi connectivity index (χ2n) is 1.08. The van der Waals surface area contributed by atoms with Crippen LogP contribution in [-0.4, -0.2) is 22.2 Å². The molecule has 0 aromatic carbocycles. The fourth-order valence-corrected chi connectivity index (χ4v) is 0.143. The third-order valence-electron chi connectivity index (χ3n) is 0.368. The van der Waals surface area contributed by atoms with Crippen LogP contribution in [0.3, 0.4) is 0 Å². The molecule has 0 aliphatic rings. The summed E-state index contributed by atoms with van der Waals surface area (Å²) in [6, 6.07) is 0. The van der Waals surface area contributed by atoms with Crippen LogP contribution in [0.4, 0.5) is 0 Å². The molecule has 0 atom stereocenters. The van der Waals surface area contributed by atoms with Crippen molar-refractivity contribution in [1.82, 2.24) is 0 Å². The Morgan fingerprint density at radius 1 is 1.17 bits per heavy atom. The smallest absolute Gasteiger partial charge is 0.772 e. The summed E-state index contributed by atoms with van der Waals surface area (Å²) in [5.41, 5.74) is 0. The molecule has 8 heteroatoms. The van der Waals surface area contributed by atoms with Crippen LogP contribution < -0.4 is 34.5 Å². The molecular formula is C4H4NaO6P. The summed E-state index contributed by atoms with van der Waals surface area (Å²) in [6.45, 7) is 0. The van der Waals surface area contributed by atoms with Crippen molar-refractivity contribution < 1.29 is 58.8 Å². The van der Waals surface area contributed by atoms with Gasteiger partial charge in [-0.2, -0.15) is 0 Å². The number of rotatable bonds is 2. The molecule has 0 unspecified atom stereocenters. The zero-order valence-electron chi connectivity index (χ0n) is 6.13. The van der Waals surface area contributed by atoms with Crippen LogP contribution in [0.1, 0.15) is 0 Å². The van der Waals surface area contributed by atoms with Crippen molar-refractivity contribution in [1.29, 1.82) is 0 Å². The van der Waals surface area contributed by atoms with Gasteiger partial charge in [-0.25, -0.2) is 9.59 Å². The first-order valence-corrected chi connectivity index (χ1v) is 2.86. The Hall–Kier alpha value is -0.260. The van der Waals surface area contributed by atoms with E-state index in [1.807, 2.05) is 0 Å². The van der Waals surface area contributed by atoms with Gasteiger partial charge in [0.1, 0.15) is 0 Å². The Bertz CT molecular complexity index is 162. The predicted octanol–water partition coefficient (Wildman–Crippen LogP) is -3.73. The molecule has 62 valence electrons. The van der Waals surface area contributed by atoms with E-state index < -0.39 is 20.6 Å². The Labute approximate surface area is 91.5 Å². The van der Waals surface area contributed by atoms with Gasteiger partial charge in [0.05, 0.1) is 8.69 Å². The van der Waals surface area contributed by atoms with Gasteiger partial charge in [-0.1, -0.05) is 0 Å². The number of carboxylic acids is 2. The molecule has 0 amide bonds. The molecule has 6 nitrogen and oxygen atoms in total. The monoisotopic (exact) mass is 202 g/mol. The molecule has 0 aromatic rings. The predicted molar refractivity (Wildman–Crippen MR) is 32.0 cm³/mol. The van der Waals surface area contributed by atoms with Gasteiger partial charge in [0.2, 0.25) is 0 Å². The minimum absolute atomic E-state index is 0. The van der Waals surface area contributed by atoms with Crippen molar-refractivity contribution in [2.24, 2.45) is 0 Å². The Kier molecular flexibility index (Phi) is 19.7. The molecule has 0 heterocycles. The zero-order valence-corrected chi connectivity index (χ0v) is 9.02. The maximum absolute atomic E-state index is 9.55. The average Bonchev–Trinajstić information content (AvgIpc) is 1.85. The van der Waals surface area contributed by atoms with Crippen LogP contribution in [0.15, 0.2) is 12.2 Å². The topological polar surface area (TPSA) is 115 Å². The molecule has 0 fully saturated rings. The molecule has 0 saturated carbocycles. The SMILES string of the molecule is O=C(O)/C=C\C(=O)O.O=P[O-].[Na+]. The number of hydrogen-bond donors (Lipinski definition) is 2. The zero-order chi connectivity index (χ0) is 9.28. The summed E-state index contributed by atoms with van der Waals surface area (Å²) in [4.78, 5) is 27.5. The van der Waals surface area contributed by atoms with E-state index in [4.69, 9.17) is 19.7 Å². The number of carbonyl (C=O) groups is 2. The van der Waals surface area contributed by atoms with Crippen LogP contribution in [0.5, 0.6) is 0 Å². The van der Waals surface area contributed by atoms with E-state index in [0.717, 1.165) is 0 Å². The first-order chi connectivity index (χ1) is 5.04. The van der Waals surface area contributed by atoms with Gasteiger partial charge in [0.25, 0.3) is 0 Å². The van der Waals surface area contributed by atoms with E-state index in [2.05, 4.69) is 0 Å². The molecule has 0 aromatic heterocycles. The van der Waals surface area contributed by atoms with E-state index >= 15 is 0 Å². The van der Waals surface area contributed by atoms with Crippen LogP contribution in [0.25, 0.3) is 0 Å². The van der Waals surface area contributed by atoms with Gasteiger partial charge >= 0.3 is 41.5 Å². The quantitative estimate of drug-likeness (QED) is 0.270.